The number of para-hydroxylation sites is 2. The Hall–Kier alpha value is -4.18. The van der Waals surface area contributed by atoms with Crippen LogP contribution in [0.5, 0.6) is 5.75 Å². The molecule has 0 aliphatic heterocycles. The van der Waals surface area contributed by atoms with Gasteiger partial charge in [-0.3, -0.25) is 14.3 Å². The van der Waals surface area contributed by atoms with Gasteiger partial charge in [-0.25, -0.2) is 13.8 Å². The van der Waals surface area contributed by atoms with Crippen molar-refractivity contribution in [1.29, 1.82) is 0 Å². The van der Waals surface area contributed by atoms with Crippen molar-refractivity contribution in [3.05, 3.63) is 83.9 Å². The second kappa shape index (κ2) is 10.4. The maximum absolute atomic E-state index is 12.8. The number of rotatable bonds is 8. The van der Waals surface area contributed by atoms with Gasteiger partial charge in [-0.1, -0.05) is 30.3 Å². The molecule has 9 nitrogen and oxygen atoms in total. The molecule has 170 valence electrons. The summed E-state index contributed by atoms with van der Waals surface area (Å²) in [5.41, 5.74) is 4.11. The lowest BCUT2D eigenvalue weighted by molar-refractivity contribution is -0.114. The number of nitrogens with zero attached hydrogens (tertiary/aromatic N) is 1. The van der Waals surface area contributed by atoms with E-state index < -0.39 is 15.9 Å². The van der Waals surface area contributed by atoms with Gasteiger partial charge in [-0.15, -0.1) is 0 Å². The molecule has 10 heteroatoms. The Bertz CT molecular complexity index is 1290. The van der Waals surface area contributed by atoms with Crippen molar-refractivity contribution >= 4 is 39.4 Å². The predicted molar refractivity (Wildman–Crippen MR) is 126 cm³/mol. The molecule has 33 heavy (non-hydrogen) atoms. The van der Waals surface area contributed by atoms with Crippen molar-refractivity contribution in [3.63, 3.8) is 0 Å². The van der Waals surface area contributed by atoms with Crippen LogP contribution in [0, 0.1) is 0 Å². The number of methoxy groups -OCH3 is 1. The first-order valence-corrected chi connectivity index (χ1v) is 11.2. The zero-order valence-electron chi connectivity index (χ0n) is 17.9. The molecule has 0 aromatic heterocycles. The van der Waals surface area contributed by atoms with Crippen molar-refractivity contribution in [2.75, 3.05) is 17.1 Å². The van der Waals surface area contributed by atoms with E-state index in [9.17, 15) is 18.0 Å². The summed E-state index contributed by atoms with van der Waals surface area (Å²) in [4.78, 5) is 23.4. The van der Waals surface area contributed by atoms with Gasteiger partial charge in [0.15, 0.2) is 0 Å². The molecule has 2 amide bonds. The lowest BCUT2D eigenvalue weighted by Gasteiger charge is -2.12. The van der Waals surface area contributed by atoms with Gasteiger partial charge in [0, 0.05) is 18.2 Å². The number of benzene rings is 3. The van der Waals surface area contributed by atoms with E-state index in [-0.39, 0.29) is 22.1 Å². The zero-order chi connectivity index (χ0) is 23.8. The Balaban J connectivity index is 1.69. The fraction of sp³-hybridized carbons (Fsp3) is 0.0870. The molecule has 3 aromatic rings. The molecule has 0 fully saturated rings. The fourth-order valence-electron chi connectivity index (χ4n) is 2.82. The summed E-state index contributed by atoms with van der Waals surface area (Å²) in [6, 6.07) is 19.0. The molecule has 0 aliphatic carbocycles. The average Bonchev–Trinajstić information content (AvgIpc) is 2.80. The average molecular weight is 467 g/mol. The van der Waals surface area contributed by atoms with Gasteiger partial charge in [-0.05, 0) is 48.0 Å². The lowest BCUT2D eigenvalue weighted by atomic mass is 10.2. The molecule has 0 spiro atoms. The van der Waals surface area contributed by atoms with Crippen LogP contribution in [0.4, 0.5) is 11.4 Å². The Morgan fingerprint density at radius 2 is 1.70 bits per heavy atom. The van der Waals surface area contributed by atoms with Gasteiger partial charge in [-0.2, -0.15) is 5.10 Å². The zero-order valence-corrected chi connectivity index (χ0v) is 18.7. The Labute approximate surface area is 191 Å². The monoisotopic (exact) mass is 466 g/mol. The van der Waals surface area contributed by atoms with Gasteiger partial charge in [0.25, 0.3) is 15.9 Å². The minimum absolute atomic E-state index is 0.0846. The first-order chi connectivity index (χ1) is 15.8. The van der Waals surface area contributed by atoms with Crippen LogP contribution in [-0.4, -0.2) is 33.6 Å². The third-order valence-electron chi connectivity index (χ3n) is 4.37. The van der Waals surface area contributed by atoms with Gasteiger partial charge < -0.3 is 10.1 Å². The topological polar surface area (TPSA) is 126 Å². The molecule has 0 aliphatic rings. The number of nitrogens with one attached hydrogen (secondary N) is 3. The molecule has 3 N–H and O–H groups in total. The van der Waals surface area contributed by atoms with Crippen LogP contribution in [0.2, 0.25) is 0 Å². The number of hydrogen-bond acceptors (Lipinski definition) is 6. The highest BCUT2D eigenvalue weighted by Crippen LogP contribution is 2.26. The number of sulfonamides is 1. The van der Waals surface area contributed by atoms with Crippen LogP contribution in [0.1, 0.15) is 22.8 Å². The van der Waals surface area contributed by atoms with E-state index in [0.29, 0.717) is 17.0 Å². The standard InChI is InChI=1S/C23H22N4O5S/c1-16(28)25-19-12-10-17(11-13-19)15-24-26-23(29)18-6-5-7-20(14-18)33(30,31)27-21-8-3-4-9-22(21)32-2/h3-15,27H,1-2H3,(H,25,28)(H,26,29)/b24-15-. The minimum Gasteiger partial charge on any atom is -0.495 e. The predicted octanol–water partition coefficient (Wildman–Crippen LogP) is 3.22. The maximum atomic E-state index is 12.8. The summed E-state index contributed by atoms with van der Waals surface area (Å²) >= 11 is 0. The van der Waals surface area contributed by atoms with E-state index in [1.54, 1.807) is 48.5 Å². The van der Waals surface area contributed by atoms with Gasteiger partial charge >= 0.3 is 0 Å². The highest BCUT2D eigenvalue weighted by Gasteiger charge is 2.18. The van der Waals surface area contributed by atoms with E-state index in [1.165, 1.54) is 44.5 Å². The molecule has 0 unspecified atom stereocenters. The van der Waals surface area contributed by atoms with Crippen molar-refractivity contribution in [3.8, 4) is 5.75 Å². The van der Waals surface area contributed by atoms with Crippen LogP contribution in [0.25, 0.3) is 0 Å². The van der Waals surface area contributed by atoms with Crippen molar-refractivity contribution in [2.45, 2.75) is 11.8 Å². The van der Waals surface area contributed by atoms with Crippen molar-refractivity contribution < 1.29 is 22.7 Å². The number of anilines is 2. The number of carbonyl (C=O) groups is 2. The number of amides is 2. The summed E-state index contributed by atoms with van der Waals surface area (Å²) in [5, 5.41) is 6.55. The van der Waals surface area contributed by atoms with Crippen LogP contribution >= 0.6 is 0 Å². The number of ether oxygens (including phenoxy) is 1. The second-order valence-corrected chi connectivity index (χ2v) is 8.52. The molecule has 0 bridgehead atoms. The lowest BCUT2D eigenvalue weighted by Crippen LogP contribution is -2.19. The molecule has 0 atom stereocenters. The molecule has 0 saturated carbocycles. The molecule has 3 aromatic carbocycles. The summed E-state index contributed by atoms with van der Waals surface area (Å²) in [6.07, 6.45) is 1.43. The fourth-order valence-corrected chi connectivity index (χ4v) is 3.94. The highest BCUT2D eigenvalue weighted by molar-refractivity contribution is 7.92. The van der Waals surface area contributed by atoms with E-state index in [1.807, 2.05) is 0 Å². The van der Waals surface area contributed by atoms with Gasteiger partial charge in [0.05, 0.1) is 23.9 Å². The Morgan fingerprint density at radius 1 is 0.970 bits per heavy atom. The van der Waals surface area contributed by atoms with Crippen molar-refractivity contribution in [1.82, 2.24) is 5.43 Å². The normalized spacial score (nSPS) is 11.1. The maximum Gasteiger partial charge on any atom is 0.271 e. The smallest absolute Gasteiger partial charge is 0.271 e. The minimum atomic E-state index is -3.96. The first kappa shape index (κ1) is 23.5. The van der Waals surface area contributed by atoms with Crippen LogP contribution in [0.15, 0.2) is 82.8 Å². The van der Waals surface area contributed by atoms with Crippen LogP contribution < -0.4 is 20.2 Å². The van der Waals surface area contributed by atoms with E-state index in [4.69, 9.17) is 4.74 Å². The SMILES string of the molecule is COc1ccccc1NS(=O)(=O)c1cccc(C(=O)N/N=C\c2ccc(NC(C)=O)cc2)c1. The van der Waals surface area contributed by atoms with Gasteiger partial charge in [0.1, 0.15) is 5.75 Å². The molecule has 0 radical (unpaired) electrons. The first-order valence-electron chi connectivity index (χ1n) is 9.75. The van der Waals surface area contributed by atoms with Gasteiger partial charge in [0.2, 0.25) is 5.91 Å². The quantitative estimate of drug-likeness (QED) is 0.347. The number of hydrazone groups is 1. The van der Waals surface area contributed by atoms with E-state index in [2.05, 4.69) is 20.6 Å². The Kier molecular flexibility index (Phi) is 7.42. The van der Waals surface area contributed by atoms with Crippen LogP contribution in [-0.2, 0) is 14.8 Å². The molecular weight excluding hydrogens is 444 g/mol. The largest absolute Gasteiger partial charge is 0.495 e. The van der Waals surface area contributed by atoms with E-state index in [0.717, 1.165) is 0 Å². The summed E-state index contributed by atoms with van der Waals surface area (Å²) in [7, 11) is -2.52. The second-order valence-electron chi connectivity index (χ2n) is 6.84. The molecule has 3 rings (SSSR count). The molecule has 0 saturated heterocycles. The number of hydrogen-bond donors (Lipinski definition) is 3. The summed E-state index contributed by atoms with van der Waals surface area (Å²) in [6.45, 7) is 1.42. The molecule has 0 heterocycles. The number of carbonyl (C=O) groups excluding carboxylic acids is 2. The molecular formula is C23H22N4O5S. The van der Waals surface area contributed by atoms with Crippen molar-refractivity contribution in [2.24, 2.45) is 5.10 Å². The third-order valence-corrected chi connectivity index (χ3v) is 5.73. The summed E-state index contributed by atoms with van der Waals surface area (Å²) in [5.74, 6) is -0.379. The highest BCUT2D eigenvalue weighted by atomic mass is 32.2. The summed E-state index contributed by atoms with van der Waals surface area (Å²) < 4.78 is 33.2. The van der Waals surface area contributed by atoms with Crippen LogP contribution in [0.3, 0.4) is 0 Å². The third kappa shape index (κ3) is 6.40. The Morgan fingerprint density at radius 3 is 2.39 bits per heavy atom. The van der Waals surface area contributed by atoms with E-state index >= 15 is 0 Å².